The molecule has 3 rings (SSSR count). The Labute approximate surface area is 126 Å². The maximum atomic E-state index is 6.39. The minimum absolute atomic E-state index is 0.725. The lowest BCUT2D eigenvalue weighted by Gasteiger charge is -2.12. The van der Waals surface area contributed by atoms with Gasteiger partial charge in [0.1, 0.15) is 0 Å². The number of nitrogens with one attached hydrogen (secondary N) is 1. The monoisotopic (exact) mass is 303 g/mol. The van der Waals surface area contributed by atoms with Gasteiger partial charge in [-0.2, -0.15) is 0 Å². The minimum atomic E-state index is 0.725. The summed E-state index contributed by atoms with van der Waals surface area (Å²) in [6.07, 6.45) is 1.81. The molecule has 0 atom stereocenters. The number of aryl methyl sites for hydroxylation is 2. The molecule has 0 amide bonds. The van der Waals surface area contributed by atoms with Gasteiger partial charge in [-0.1, -0.05) is 11.6 Å². The zero-order valence-corrected chi connectivity index (χ0v) is 12.8. The highest BCUT2D eigenvalue weighted by Crippen LogP contribution is 2.33. The Morgan fingerprint density at radius 1 is 1.30 bits per heavy atom. The maximum Gasteiger partial charge on any atom is 0.0798 e. The Kier molecular flexibility index (Phi) is 3.59. The Morgan fingerprint density at radius 2 is 2.15 bits per heavy atom. The highest BCUT2D eigenvalue weighted by Gasteiger charge is 2.10. The van der Waals surface area contributed by atoms with E-state index in [1.54, 1.807) is 17.5 Å². The molecule has 0 radical (unpaired) electrons. The number of hydrogen-bond acceptors (Lipinski definition) is 4. The van der Waals surface area contributed by atoms with E-state index in [9.17, 15) is 0 Å². The third-order valence-corrected chi connectivity index (χ3v) is 4.54. The van der Waals surface area contributed by atoms with Crippen LogP contribution in [0, 0.1) is 13.8 Å². The molecule has 1 N–H and O–H groups in total. The fourth-order valence-electron chi connectivity index (χ4n) is 2.22. The van der Waals surface area contributed by atoms with Gasteiger partial charge in [0.2, 0.25) is 0 Å². The van der Waals surface area contributed by atoms with Crippen molar-refractivity contribution in [1.82, 2.24) is 9.97 Å². The van der Waals surface area contributed by atoms with Gasteiger partial charge in [0.15, 0.2) is 0 Å². The summed E-state index contributed by atoms with van der Waals surface area (Å²) in [6, 6.07) is 5.93. The van der Waals surface area contributed by atoms with Gasteiger partial charge >= 0.3 is 0 Å². The Balaban J connectivity index is 2.01. The predicted octanol–water partition coefficient (Wildman–Crippen LogP) is 4.57. The molecule has 0 saturated heterocycles. The van der Waals surface area contributed by atoms with Crippen LogP contribution >= 0.6 is 22.9 Å². The second-order valence-corrected chi connectivity index (χ2v) is 6.01. The van der Waals surface area contributed by atoms with Crippen molar-refractivity contribution in [2.75, 3.05) is 5.32 Å². The first kappa shape index (κ1) is 13.3. The molecule has 0 aliphatic rings. The summed E-state index contributed by atoms with van der Waals surface area (Å²) in [5.41, 5.74) is 5.94. The fraction of sp³-hybridized carbons (Fsp3) is 0.200. The van der Waals surface area contributed by atoms with Crippen molar-refractivity contribution >= 4 is 39.5 Å². The molecule has 0 spiro atoms. The summed E-state index contributed by atoms with van der Waals surface area (Å²) < 4.78 is 0. The summed E-state index contributed by atoms with van der Waals surface area (Å²) in [6.45, 7) is 4.77. The summed E-state index contributed by atoms with van der Waals surface area (Å²) >= 11 is 8.04. The van der Waals surface area contributed by atoms with Crippen molar-refractivity contribution in [1.29, 1.82) is 0 Å². The second-order valence-electron chi connectivity index (χ2n) is 4.66. The van der Waals surface area contributed by atoms with Crippen LogP contribution in [0.1, 0.15) is 16.1 Å². The van der Waals surface area contributed by atoms with Crippen LogP contribution in [0.4, 0.5) is 5.69 Å². The normalized spacial score (nSPS) is 10.9. The van der Waals surface area contributed by atoms with Crippen LogP contribution in [0.25, 0.3) is 10.9 Å². The summed E-state index contributed by atoms with van der Waals surface area (Å²) in [7, 11) is 0. The van der Waals surface area contributed by atoms with E-state index in [4.69, 9.17) is 11.6 Å². The molecule has 0 aliphatic heterocycles. The first-order chi connectivity index (χ1) is 9.66. The SMILES string of the molecule is Cc1ncsc1CNc1c(Cl)cc(C)c2ncccc12. The molecule has 2 heterocycles. The topological polar surface area (TPSA) is 37.8 Å². The van der Waals surface area contributed by atoms with Crippen molar-refractivity contribution in [2.24, 2.45) is 0 Å². The molecule has 5 heteroatoms. The molecule has 1 aromatic carbocycles. The van der Waals surface area contributed by atoms with Crippen molar-refractivity contribution in [2.45, 2.75) is 20.4 Å². The zero-order valence-electron chi connectivity index (χ0n) is 11.3. The Bertz CT molecular complexity index is 767. The van der Waals surface area contributed by atoms with Gasteiger partial charge < -0.3 is 5.32 Å². The van der Waals surface area contributed by atoms with E-state index in [1.165, 1.54) is 4.88 Å². The van der Waals surface area contributed by atoms with E-state index in [2.05, 4.69) is 15.3 Å². The van der Waals surface area contributed by atoms with Gasteiger partial charge in [0.25, 0.3) is 0 Å². The molecule has 0 unspecified atom stereocenters. The molecule has 3 nitrogen and oxygen atoms in total. The lowest BCUT2D eigenvalue weighted by Crippen LogP contribution is -2.01. The van der Waals surface area contributed by atoms with Crippen LogP contribution in [-0.2, 0) is 6.54 Å². The highest BCUT2D eigenvalue weighted by atomic mass is 35.5. The number of hydrogen-bond donors (Lipinski definition) is 1. The van der Waals surface area contributed by atoms with Crippen LogP contribution in [0.15, 0.2) is 29.9 Å². The molecule has 20 heavy (non-hydrogen) atoms. The molecule has 3 aromatic rings. The van der Waals surface area contributed by atoms with Crippen molar-refractivity contribution < 1.29 is 0 Å². The number of anilines is 1. The van der Waals surface area contributed by atoms with Crippen LogP contribution in [-0.4, -0.2) is 9.97 Å². The third-order valence-electron chi connectivity index (χ3n) is 3.30. The van der Waals surface area contributed by atoms with Crippen LogP contribution in [0.2, 0.25) is 5.02 Å². The molecular formula is C15H14ClN3S. The number of halogens is 1. The van der Waals surface area contributed by atoms with Gasteiger partial charge in [-0.15, -0.1) is 11.3 Å². The van der Waals surface area contributed by atoms with Gasteiger partial charge in [0, 0.05) is 16.5 Å². The highest BCUT2D eigenvalue weighted by molar-refractivity contribution is 7.09. The molecule has 102 valence electrons. The third kappa shape index (κ3) is 2.37. The molecule has 2 aromatic heterocycles. The van der Waals surface area contributed by atoms with Gasteiger partial charge in [-0.05, 0) is 37.6 Å². The van der Waals surface area contributed by atoms with Crippen molar-refractivity contribution in [3.8, 4) is 0 Å². The number of benzene rings is 1. The number of aromatic nitrogens is 2. The number of thiazole rings is 1. The molecule has 0 fully saturated rings. The van der Waals surface area contributed by atoms with Crippen LogP contribution in [0.5, 0.6) is 0 Å². The van der Waals surface area contributed by atoms with E-state index < -0.39 is 0 Å². The summed E-state index contributed by atoms with van der Waals surface area (Å²) in [5.74, 6) is 0. The zero-order chi connectivity index (χ0) is 14.1. The Hall–Kier alpha value is -1.65. The fourth-order valence-corrected chi connectivity index (χ4v) is 3.27. The predicted molar refractivity (Wildman–Crippen MR) is 85.7 cm³/mol. The lowest BCUT2D eigenvalue weighted by atomic mass is 10.1. The first-order valence-corrected chi connectivity index (χ1v) is 7.59. The smallest absolute Gasteiger partial charge is 0.0798 e. The molecular weight excluding hydrogens is 290 g/mol. The van der Waals surface area contributed by atoms with Gasteiger partial charge in [-0.25, -0.2) is 4.98 Å². The maximum absolute atomic E-state index is 6.39. The minimum Gasteiger partial charge on any atom is -0.378 e. The first-order valence-electron chi connectivity index (χ1n) is 6.33. The number of fused-ring (bicyclic) bond motifs is 1. The average Bonchev–Trinajstić information content (AvgIpc) is 2.84. The standard InChI is InChI=1S/C15H14ClN3S/c1-9-6-12(16)15(11-4-3-5-17-14(9)11)18-7-13-10(2)19-8-20-13/h3-6,8,18H,7H2,1-2H3. The molecule has 0 aliphatic carbocycles. The second kappa shape index (κ2) is 5.38. The summed E-state index contributed by atoms with van der Waals surface area (Å²) in [4.78, 5) is 9.92. The number of rotatable bonds is 3. The number of nitrogens with zero attached hydrogens (tertiary/aromatic N) is 2. The molecule has 0 saturated carbocycles. The number of pyridine rings is 1. The van der Waals surface area contributed by atoms with E-state index in [1.807, 2.05) is 37.6 Å². The lowest BCUT2D eigenvalue weighted by molar-refractivity contribution is 1.12. The van der Waals surface area contributed by atoms with Crippen LogP contribution < -0.4 is 5.32 Å². The van der Waals surface area contributed by atoms with E-state index in [0.717, 1.165) is 39.4 Å². The average molecular weight is 304 g/mol. The Morgan fingerprint density at radius 3 is 2.90 bits per heavy atom. The largest absolute Gasteiger partial charge is 0.378 e. The summed E-state index contributed by atoms with van der Waals surface area (Å²) in [5, 5.41) is 5.21. The molecule has 0 bridgehead atoms. The van der Waals surface area contributed by atoms with E-state index >= 15 is 0 Å². The van der Waals surface area contributed by atoms with Gasteiger partial charge in [0.05, 0.1) is 34.0 Å². The van der Waals surface area contributed by atoms with Gasteiger partial charge in [-0.3, -0.25) is 4.98 Å². The van der Waals surface area contributed by atoms with Crippen LogP contribution in [0.3, 0.4) is 0 Å². The quantitative estimate of drug-likeness (QED) is 0.770. The van der Waals surface area contributed by atoms with Crippen molar-refractivity contribution in [3.05, 3.63) is 51.1 Å². The van der Waals surface area contributed by atoms with Crippen molar-refractivity contribution in [3.63, 3.8) is 0 Å². The van der Waals surface area contributed by atoms with E-state index in [-0.39, 0.29) is 0 Å². The van der Waals surface area contributed by atoms with E-state index in [0.29, 0.717) is 0 Å².